The lowest BCUT2D eigenvalue weighted by molar-refractivity contribution is 0.0384. The molecule has 32 heavy (non-hydrogen) atoms. The lowest BCUT2D eigenvalue weighted by Gasteiger charge is -2.26. The van der Waals surface area contributed by atoms with E-state index < -0.39 is 0 Å². The third kappa shape index (κ3) is 4.37. The van der Waals surface area contributed by atoms with Crippen molar-refractivity contribution < 1.29 is 9.47 Å². The van der Waals surface area contributed by atoms with Gasteiger partial charge >= 0.3 is 0 Å². The number of nitrogens with one attached hydrogen (secondary N) is 1. The predicted octanol–water partition coefficient (Wildman–Crippen LogP) is 5.43. The van der Waals surface area contributed by atoms with Crippen LogP contribution in [0.5, 0.6) is 5.75 Å². The van der Waals surface area contributed by atoms with Crippen molar-refractivity contribution in [1.82, 2.24) is 14.9 Å². The number of benzene rings is 2. The van der Waals surface area contributed by atoms with Crippen molar-refractivity contribution in [3.63, 3.8) is 0 Å². The lowest BCUT2D eigenvalue weighted by Crippen LogP contribution is -2.37. The minimum Gasteiger partial charge on any atom is -0.497 e. The third-order valence-corrected chi connectivity index (χ3v) is 6.32. The fraction of sp³-hybridized carbons (Fsp3) is 0.269. The second-order valence-electron chi connectivity index (χ2n) is 8.06. The van der Waals surface area contributed by atoms with Crippen LogP contribution in [0.15, 0.2) is 60.9 Å². The monoisotopic (exact) mass is 447 g/mol. The number of aromatic amines is 1. The van der Waals surface area contributed by atoms with E-state index in [1.165, 1.54) is 11.3 Å². The summed E-state index contributed by atoms with van der Waals surface area (Å²) in [6.45, 7) is 4.58. The molecule has 0 radical (unpaired) electrons. The molecule has 0 spiro atoms. The van der Waals surface area contributed by atoms with E-state index in [9.17, 15) is 0 Å². The molecule has 2 aromatic carbocycles. The van der Waals surface area contributed by atoms with E-state index in [1.54, 1.807) is 7.11 Å². The number of hydrogen-bond donors (Lipinski definition) is 1. The number of rotatable bonds is 6. The van der Waals surface area contributed by atoms with E-state index >= 15 is 0 Å². The SMILES string of the molecule is COc1ccc2[nH]c(CCN3CCOCC3)c(-c3cncc(-c4ccc(Cl)cc4)c3)c2c1. The van der Waals surface area contributed by atoms with Crippen molar-refractivity contribution in [2.75, 3.05) is 40.0 Å². The lowest BCUT2D eigenvalue weighted by atomic mass is 9.98. The van der Waals surface area contributed by atoms with Crippen molar-refractivity contribution in [2.45, 2.75) is 6.42 Å². The van der Waals surface area contributed by atoms with Gasteiger partial charge in [0.15, 0.2) is 0 Å². The molecule has 164 valence electrons. The zero-order valence-corrected chi connectivity index (χ0v) is 18.9. The van der Waals surface area contributed by atoms with Crippen molar-refractivity contribution in [1.29, 1.82) is 0 Å². The largest absolute Gasteiger partial charge is 0.497 e. The summed E-state index contributed by atoms with van der Waals surface area (Å²) in [5.74, 6) is 0.847. The van der Waals surface area contributed by atoms with E-state index in [-0.39, 0.29) is 0 Å². The number of methoxy groups -OCH3 is 1. The number of ether oxygens (including phenoxy) is 2. The first kappa shape index (κ1) is 21.0. The molecule has 3 heterocycles. The molecule has 1 saturated heterocycles. The normalized spacial score (nSPS) is 14.7. The molecule has 5 nitrogen and oxygen atoms in total. The average Bonchev–Trinajstić information content (AvgIpc) is 3.21. The summed E-state index contributed by atoms with van der Waals surface area (Å²) >= 11 is 6.08. The first-order valence-electron chi connectivity index (χ1n) is 10.9. The second-order valence-corrected chi connectivity index (χ2v) is 8.50. The van der Waals surface area contributed by atoms with Crippen LogP contribution in [-0.2, 0) is 11.2 Å². The molecular weight excluding hydrogens is 422 g/mol. The van der Waals surface area contributed by atoms with Crippen LogP contribution < -0.4 is 4.74 Å². The van der Waals surface area contributed by atoms with Crippen molar-refractivity contribution in [3.05, 3.63) is 71.6 Å². The summed E-state index contributed by atoms with van der Waals surface area (Å²) in [7, 11) is 1.70. The summed E-state index contributed by atoms with van der Waals surface area (Å²) in [6.07, 6.45) is 4.77. The van der Waals surface area contributed by atoms with Gasteiger partial charge in [-0.3, -0.25) is 9.88 Å². The molecule has 4 aromatic rings. The molecule has 0 atom stereocenters. The molecular formula is C26H26ClN3O2. The quantitative estimate of drug-likeness (QED) is 0.428. The predicted molar refractivity (Wildman–Crippen MR) is 129 cm³/mol. The maximum atomic E-state index is 6.08. The standard InChI is InChI=1S/C26H26ClN3O2/c1-31-22-6-7-24-23(15-22)26(25(29-24)8-9-30-10-12-32-13-11-30)20-14-19(16-28-17-20)18-2-4-21(27)5-3-18/h2-7,14-17,29H,8-13H2,1H3. The smallest absolute Gasteiger partial charge is 0.119 e. The Morgan fingerprint density at radius 3 is 2.56 bits per heavy atom. The van der Waals surface area contributed by atoms with Gasteiger partial charge in [-0.25, -0.2) is 0 Å². The molecule has 1 fully saturated rings. The average molecular weight is 448 g/mol. The highest BCUT2D eigenvalue weighted by molar-refractivity contribution is 6.30. The second kappa shape index (κ2) is 9.33. The van der Waals surface area contributed by atoms with E-state index in [1.807, 2.05) is 42.7 Å². The number of aromatic nitrogens is 2. The number of hydrogen-bond acceptors (Lipinski definition) is 4. The van der Waals surface area contributed by atoms with Crippen LogP contribution in [0.1, 0.15) is 5.69 Å². The number of pyridine rings is 1. The van der Waals surface area contributed by atoms with E-state index in [2.05, 4.69) is 33.1 Å². The highest BCUT2D eigenvalue weighted by Crippen LogP contribution is 2.36. The number of morpholine rings is 1. The van der Waals surface area contributed by atoms with Gasteiger partial charge in [-0.15, -0.1) is 0 Å². The molecule has 6 heteroatoms. The summed E-state index contributed by atoms with van der Waals surface area (Å²) < 4.78 is 11.0. The van der Waals surface area contributed by atoms with Crippen LogP contribution in [0.2, 0.25) is 5.02 Å². The van der Waals surface area contributed by atoms with Gasteiger partial charge in [-0.2, -0.15) is 0 Å². The van der Waals surface area contributed by atoms with Crippen LogP contribution in [0.3, 0.4) is 0 Å². The summed E-state index contributed by atoms with van der Waals surface area (Å²) in [5, 5.41) is 1.88. The van der Waals surface area contributed by atoms with Crippen LogP contribution >= 0.6 is 11.6 Å². The van der Waals surface area contributed by atoms with Crippen LogP contribution in [-0.4, -0.2) is 54.8 Å². The molecule has 0 aliphatic carbocycles. The Morgan fingerprint density at radius 1 is 1.00 bits per heavy atom. The molecule has 0 amide bonds. The van der Waals surface area contributed by atoms with Crippen molar-refractivity contribution in [3.8, 4) is 28.0 Å². The fourth-order valence-electron chi connectivity index (χ4n) is 4.34. The molecule has 5 rings (SSSR count). The Morgan fingerprint density at radius 2 is 1.78 bits per heavy atom. The Balaban J connectivity index is 1.56. The van der Waals surface area contributed by atoms with Gasteiger partial charge in [-0.1, -0.05) is 23.7 Å². The summed E-state index contributed by atoms with van der Waals surface area (Å²) in [6, 6.07) is 16.3. The maximum absolute atomic E-state index is 6.08. The first-order valence-corrected chi connectivity index (χ1v) is 11.3. The third-order valence-electron chi connectivity index (χ3n) is 6.07. The Kier molecular flexibility index (Phi) is 6.12. The van der Waals surface area contributed by atoms with E-state index in [0.29, 0.717) is 0 Å². The Hall–Kier alpha value is -2.86. The first-order chi connectivity index (χ1) is 15.7. The zero-order valence-electron chi connectivity index (χ0n) is 18.1. The van der Waals surface area contributed by atoms with Crippen LogP contribution in [0.25, 0.3) is 33.2 Å². The fourth-order valence-corrected chi connectivity index (χ4v) is 4.47. The minimum atomic E-state index is 0.729. The Labute approximate surface area is 192 Å². The molecule has 0 bridgehead atoms. The van der Waals surface area contributed by atoms with Gasteiger partial charge in [0.05, 0.1) is 20.3 Å². The topological polar surface area (TPSA) is 50.4 Å². The van der Waals surface area contributed by atoms with Gasteiger partial charge in [0, 0.05) is 76.8 Å². The van der Waals surface area contributed by atoms with Crippen LogP contribution in [0, 0.1) is 0 Å². The molecule has 1 aliphatic heterocycles. The number of nitrogens with zero attached hydrogens (tertiary/aromatic N) is 2. The minimum absolute atomic E-state index is 0.729. The van der Waals surface area contributed by atoms with Crippen molar-refractivity contribution in [2.24, 2.45) is 0 Å². The number of H-pyrrole nitrogens is 1. The van der Waals surface area contributed by atoms with Gasteiger partial charge in [0.25, 0.3) is 0 Å². The maximum Gasteiger partial charge on any atom is 0.119 e. The number of fused-ring (bicyclic) bond motifs is 1. The molecule has 1 N–H and O–H groups in total. The van der Waals surface area contributed by atoms with E-state index in [0.717, 1.165) is 77.6 Å². The molecule has 1 aliphatic rings. The van der Waals surface area contributed by atoms with Crippen molar-refractivity contribution >= 4 is 22.5 Å². The Bertz CT molecular complexity index is 1210. The zero-order chi connectivity index (χ0) is 21.9. The summed E-state index contributed by atoms with van der Waals surface area (Å²) in [4.78, 5) is 10.7. The highest BCUT2D eigenvalue weighted by atomic mass is 35.5. The molecule has 0 saturated carbocycles. The molecule has 0 unspecified atom stereocenters. The molecule has 2 aromatic heterocycles. The van der Waals surface area contributed by atoms with E-state index in [4.69, 9.17) is 21.1 Å². The van der Waals surface area contributed by atoms with Gasteiger partial charge in [0.1, 0.15) is 5.75 Å². The van der Waals surface area contributed by atoms with Crippen LogP contribution in [0.4, 0.5) is 0 Å². The summed E-state index contributed by atoms with van der Waals surface area (Å²) in [5.41, 5.74) is 6.76. The van der Waals surface area contributed by atoms with Gasteiger partial charge < -0.3 is 14.5 Å². The highest BCUT2D eigenvalue weighted by Gasteiger charge is 2.17. The van der Waals surface area contributed by atoms with Gasteiger partial charge in [-0.05, 0) is 42.0 Å². The number of halogens is 1. The van der Waals surface area contributed by atoms with Gasteiger partial charge in [0.2, 0.25) is 0 Å².